The van der Waals surface area contributed by atoms with Crippen molar-refractivity contribution in [2.45, 2.75) is 24.4 Å². The topological polar surface area (TPSA) is 86.8 Å². The quantitative estimate of drug-likeness (QED) is 0.442. The van der Waals surface area contributed by atoms with Gasteiger partial charge in [0.05, 0.1) is 10.6 Å². The molecule has 3 rings (SSSR count). The highest BCUT2D eigenvalue weighted by molar-refractivity contribution is 7.92. The van der Waals surface area contributed by atoms with E-state index in [2.05, 4.69) is 5.32 Å². The van der Waals surface area contributed by atoms with Crippen LogP contribution in [0.5, 0.6) is 0 Å². The average molecular weight is 534 g/mol. The van der Waals surface area contributed by atoms with Gasteiger partial charge >= 0.3 is 0 Å². The van der Waals surface area contributed by atoms with E-state index in [-0.39, 0.29) is 23.0 Å². The molecule has 184 valence electrons. The molecule has 3 aromatic rings. The van der Waals surface area contributed by atoms with Crippen LogP contribution in [-0.2, 0) is 26.2 Å². The molecular formula is C25H25Cl2N3O4S. The van der Waals surface area contributed by atoms with Crippen molar-refractivity contribution in [3.8, 4) is 0 Å². The number of benzene rings is 3. The third-order valence-corrected chi connectivity index (χ3v) is 7.66. The van der Waals surface area contributed by atoms with Crippen LogP contribution in [0.25, 0.3) is 0 Å². The summed E-state index contributed by atoms with van der Waals surface area (Å²) in [4.78, 5) is 27.3. The monoisotopic (exact) mass is 533 g/mol. The summed E-state index contributed by atoms with van der Waals surface area (Å²) in [6.45, 7) is 1.18. The van der Waals surface area contributed by atoms with E-state index in [1.807, 2.05) is 30.3 Å². The number of amides is 2. The Morgan fingerprint density at radius 1 is 0.914 bits per heavy atom. The molecule has 35 heavy (non-hydrogen) atoms. The lowest BCUT2D eigenvalue weighted by Gasteiger charge is -2.31. The molecule has 0 saturated carbocycles. The summed E-state index contributed by atoms with van der Waals surface area (Å²) in [5.41, 5.74) is 1.01. The summed E-state index contributed by atoms with van der Waals surface area (Å²) in [6, 6.07) is 20.2. The maximum atomic E-state index is 13.6. The first-order chi connectivity index (χ1) is 16.6. The molecule has 10 heteroatoms. The highest BCUT2D eigenvalue weighted by Crippen LogP contribution is 2.27. The van der Waals surface area contributed by atoms with E-state index in [9.17, 15) is 18.0 Å². The molecule has 2 amide bonds. The van der Waals surface area contributed by atoms with Crippen molar-refractivity contribution >= 4 is 50.7 Å². The molecule has 1 N–H and O–H groups in total. The zero-order valence-electron chi connectivity index (χ0n) is 19.2. The lowest BCUT2D eigenvalue weighted by Crippen LogP contribution is -2.50. The van der Waals surface area contributed by atoms with Crippen molar-refractivity contribution in [2.24, 2.45) is 0 Å². The number of anilines is 1. The van der Waals surface area contributed by atoms with Gasteiger partial charge in [0.2, 0.25) is 11.8 Å². The summed E-state index contributed by atoms with van der Waals surface area (Å²) < 4.78 is 28.2. The van der Waals surface area contributed by atoms with Gasteiger partial charge in [-0.3, -0.25) is 13.9 Å². The summed E-state index contributed by atoms with van der Waals surface area (Å²) >= 11 is 12.1. The molecule has 0 aliphatic rings. The van der Waals surface area contributed by atoms with Crippen molar-refractivity contribution in [3.05, 3.63) is 94.5 Å². The van der Waals surface area contributed by atoms with Crippen LogP contribution in [-0.4, -0.2) is 44.8 Å². The number of hydrogen-bond donors (Lipinski definition) is 1. The van der Waals surface area contributed by atoms with E-state index in [1.165, 1.54) is 42.3 Å². The molecule has 0 aliphatic heterocycles. The van der Waals surface area contributed by atoms with Crippen LogP contribution in [0.2, 0.25) is 10.0 Å². The van der Waals surface area contributed by atoms with E-state index >= 15 is 0 Å². The zero-order chi connectivity index (χ0) is 25.6. The minimum absolute atomic E-state index is 0.0383. The van der Waals surface area contributed by atoms with Gasteiger partial charge in [0.15, 0.2) is 0 Å². The Hall–Kier alpha value is -3.07. The molecule has 0 unspecified atom stereocenters. The van der Waals surface area contributed by atoms with Gasteiger partial charge in [0, 0.05) is 23.6 Å². The zero-order valence-corrected chi connectivity index (χ0v) is 21.5. The lowest BCUT2D eigenvalue weighted by molar-refractivity contribution is -0.139. The van der Waals surface area contributed by atoms with E-state index in [4.69, 9.17) is 23.2 Å². The van der Waals surface area contributed by atoms with Crippen LogP contribution in [0.3, 0.4) is 0 Å². The van der Waals surface area contributed by atoms with Crippen LogP contribution >= 0.6 is 23.2 Å². The first-order valence-electron chi connectivity index (χ1n) is 10.7. The smallest absolute Gasteiger partial charge is 0.264 e. The molecule has 0 heterocycles. The molecule has 0 saturated heterocycles. The second kappa shape index (κ2) is 11.6. The normalized spacial score (nSPS) is 12.0. The highest BCUT2D eigenvalue weighted by atomic mass is 35.5. The van der Waals surface area contributed by atoms with E-state index < -0.39 is 28.5 Å². The SMILES string of the molecule is CNC(=O)[C@H](C)N(Cc1ccccc1)C(=O)CN(c1cccc(Cl)c1)S(=O)(=O)c1ccc(Cl)cc1. The minimum Gasteiger partial charge on any atom is -0.357 e. The molecule has 1 atom stereocenters. The van der Waals surface area contributed by atoms with Gasteiger partial charge < -0.3 is 10.2 Å². The van der Waals surface area contributed by atoms with Crippen LogP contribution in [0.4, 0.5) is 5.69 Å². The Bertz CT molecular complexity index is 1290. The number of nitrogens with zero attached hydrogens (tertiary/aromatic N) is 2. The van der Waals surface area contributed by atoms with Gasteiger partial charge in [0.1, 0.15) is 12.6 Å². The van der Waals surface area contributed by atoms with Crippen molar-refractivity contribution in [3.63, 3.8) is 0 Å². The molecule has 0 aromatic heterocycles. The molecule has 3 aromatic carbocycles. The van der Waals surface area contributed by atoms with Crippen molar-refractivity contribution in [1.29, 1.82) is 0 Å². The van der Waals surface area contributed by atoms with E-state index in [1.54, 1.807) is 25.1 Å². The van der Waals surface area contributed by atoms with Gasteiger partial charge in [0.25, 0.3) is 10.0 Å². The Morgan fingerprint density at radius 3 is 2.17 bits per heavy atom. The standard InChI is InChI=1S/C25H25Cl2N3O4S/c1-18(25(32)28-2)29(16-19-7-4-3-5-8-19)24(31)17-30(22-10-6-9-21(27)15-22)35(33,34)23-13-11-20(26)12-14-23/h3-15,18H,16-17H2,1-2H3,(H,28,32)/t18-/m0/s1. The minimum atomic E-state index is -4.17. The number of halogens is 2. The summed E-state index contributed by atoms with van der Waals surface area (Å²) in [7, 11) is -2.69. The molecular weight excluding hydrogens is 509 g/mol. The predicted octanol–water partition coefficient (Wildman–Crippen LogP) is 4.35. The number of hydrogen-bond acceptors (Lipinski definition) is 4. The largest absolute Gasteiger partial charge is 0.357 e. The molecule has 0 fully saturated rings. The van der Waals surface area contributed by atoms with Gasteiger partial charge in [-0.2, -0.15) is 0 Å². The van der Waals surface area contributed by atoms with Gasteiger partial charge in [-0.15, -0.1) is 0 Å². The van der Waals surface area contributed by atoms with Crippen molar-refractivity contribution in [1.82, 2.24) is 10.2 Å². The summed E-state index contributed by atoms with van der Waals surface area (Å²) in [5.74, 6) is -0.924. The number of likely N-dealkylation sites (N-methyl/N-ethyl adjacent to an activating group) is 1. The first-order valence-corrected chi connectivity index (χ1v) is 12.9. The predicted molar refractivity (Wildman–Crippen MR) is 138 cm³/mol. The van der Waals surface area contributed by atoms with Crippen LogP contribution < -0.4 is 9.62 Å². The Morgan fingerprint density at radius 2 is 1.57 bits per heavy atom. The van der Waals surface area contributed by atoms with Gasteiger partial charge in [-0.1, -0.05) is 59.6 Å². The number of carbonyl (C=O) groups excluding carboxylic acids is 2. The average Bonchev–Trinajstić information content (AvgIpc) is 2.85. The third-order valence-electron chi connectivity index (χ3n) is 5.39. The first kappa shape index (κ1) is 26.5. The fourth-order valence-electron chi connectivity index (χ4n) is 3.47. The fraction of sp³-hybridized carbons (Fsp3) is 0.200. The highest BCUT2D eigenvalue weighted by Gasteiger charge is 2.32. The molecule has 0 spiro atoms. The van der Waals surface area contributed by atoms with E-state index in [0.717, 1.165) is 9.87 Å². The van der Waals surface area contributed by atoms with Crippen LogP contribution in [0, 0.1) is 0 Å². The molecule has 0 aliphatic carbocycles. The maximum absolute atomic E-state index is 13.6. The third kappa shape index (κ3) is 6.54. The van der Waals surface area contributed by atoms with Crippen LogP contribution in [0.15, 0.2) is 83.8 Å². The lowest BCUT2D eigenvalue weighted by atomic mass is 10.1. The number of nitrogens with one attached hydrogen (secondary N) is 1. The number of carbonyl (C=O) groups is 2. The second-order valence-corrected chi connectivity index (χ2v) is 10.5. The van der Waals surface area contributed by atoms with Crippen molar-refractivity contribution < 1.29 is 18.0 Å². The molecule has 0 radical (unpaired) electrons. The Labute approximate surface area is 215 Å². The Balaban J connectivity index is 2.02. The van der Waals surface area contributed by atoms with Gasteiger partial charge in [-0.25, -0.2) is 8.42 Å². The number of rotatable bonds is 9. The second-order valence-electron chi connectivity index (χ2n) is 7.74. The summed E-state index contributed by atoms with van der Waals surface area (Å²) in [6.07, 6.45) is 0. The fourth-order valence-corrected chi connectivity index (χ4v) is 5.18. The van der Waals surface area contributed by atoms with Crippen molar-refractivity contribution in [2.75, 3.05) is 17.9 Å². The molecule has 7 nitrogen and oxygen atoms in total. The molecule has 0 bridgehead atoms. The number of sulfonamides is 1. The van der Waals surface area contributed by atoms with Gasteiger partial charge in [-0.05, 0) is 55.0 Å². The van der Waals surface area contributed by atoms with Crippen LogP contribution in [0.1, 0.15) is 12.5 Å². The Kier molecular flexibility index (Phi) is 8.77. The van der Waals surface area contributed by atoms with E-state index in [0.29, 0.717) is 10.0 Å². The summed E-state index contributed by atoms with van der Waals surface area (Å²) in [5, 5.41) is 3.23. The maximum Gasteiger partial charge on any atom is 0.264 e.